The Labute approximate surface area is 204 Å². The van der Waals surface area contributed by atoms with Crippen molar-refractivity contribution in [2.45, 2.75) is 88.3 Å². The van der Waals surface area contributed by atoms with Crippen molar-refractivity contribution >= 4 is 39.2 Å². The van der Waals surface area contributed by atoms with Crippen LogP contribution in [-0.4, -0.2) is 51.7 Å². The van der Waals surface area contributed by atoms with E-state index in [1.165, 1.54) is 74.9 Å². The number of hydrogen-bond acceptors (Lipinski definition) is 6. The van der Waals surface area contributed by atoms with Crippen LogP contribution < -0.4 is 10.9 Å². The Bertz CT molecular complexity index is 1030. The Hall–Kier alpha value is -1.38. The van der Waals surface area contributed by atoms with Crippen LogP contribution in [-0.2, 0) is 23.4 Å². The Morgan fingerprint density at radius 3 is 2.70 bits per heavy atom. The first-order valence-corrected chi connectivity index (χ1v) is 14.7. The van der Waals surface area contributed by atoms with Gasteiger partial charge in [-0.05, 0) is 63.6 Å². The largest absolute Gasteiger partial charge is 0.354 e. The molecule has 3 heterocycles. The average molecular weight is 489 g/mol. The molecular formula is C25H36N4O2S2. The molecule has 0 radical (unpaired) electrons. The summed E-state index contributed by atoms with van der Waals surface area (Å²) in [6, 6.07) is 0. The number of thioether (sulfide) groups is 1. The highest BCUT2D eigenvalue weighted by Crippen LogP contribution is 2.36. The summed E-state index contributed by atoms with van der Waals surface area (Å²) in [5.41, 5.74) is 1.41. The number of piperidine rings is 1. The fourth-order valence-corrected chi connectivity index (χ4v) is 8.07. The van der Waals surface area contributed by atoms with E-state index in [1.54, 1.807) is 23.1 Å². The van der Waals surface area contributed by atoms with Gasteiger partial charge in [0.1, 0.15) is 10.7 Å². The molecule has 5 rings (SSSR count). The Morgan fingerprint density at radius 2 is 1.88 bits per heavy atom. The molecular weight excluding hydrogens is 452 g/mol. The predicted octanol–water partition coefficient (Wildman–Crippen LogP) is 4.40. The summed E-state index contributed by atoms with van der Waals surface area (Å²) in [5, 5.41) is 4.09. The number of thiophene rings is 1. The number of carbonyl (C=O) groups excluding carboxylic acids is 1. The smallest absolute Gasteiger partial charge is 0.259 e. The van der Waals surface area contributed by atoms with E-state index in [-0.39, 0.29) is 17.0 Å². The minimum absolute atomic E-state index is 0.00300. The van der Waals surface area contributed by atoms with Gasteiger partial charge in [0.2, 0.25) is 5.91 Å². The van der Waals surface area contributed by atoms with Gasteiger partial charge in [-0.1, -0.05) is 25.7 Å². The van der Waals surface area contributed by atoms with Gasteiger partial charge < -0.3 is 10.3 Å². The van der Waals surface area contributed by atoms with Crippen LogP contribution in [0.25, 0.3) is 10.2 Å². The lowest BCUT2D eigenvalue weighted by Gasteiger charge is -2.48. The molecule has 2 fully saturated rings. The first kappa shape index (κ1) is 23.4. The van der Waals surface area contributed by atoms with Crippen molar-refractivity contribution in [3.05, 3.63) is 26.6 Å². The zero-order chi connectivity index (χ0) is 22.7. The highest BCUT2D eigenvalue weighted by Gasteiger charge is 2.38. The van der Waals surface area contributed by atoms with Crippen molar-refractivity contribution < 1.29 is 4.79 Å². The number of aromatic nitrogens is 2. The number of aryl methyl sites for hydroxylation is 2. The number of hydrogen-bond donors (Lipinski definition) is 2. The first-order valence-electron chi connectivity index (χ1n) is 12.8. The van der Waals surface area contributed by atoms with Crippen molar-refractivity contribution in [3.8, 4) is 0 Å². The Balaban J connectivity index is 1.10. The second-order valence-corrected chi connectivity index (χ2v) is 12.2. The van der Waals surface area contributed by atoms with Crippen molar-refractivity contribution in [1.29, 1.82) is 0 Å². The van der Waals surface area contributed by atoms with Gasteiger partial charge in [-0.3, -0.25) is 14.5 Å². The summed E-state index contributed by atoms with van der Waals surface area (Å²) < 4.78 is 0. The number of carbonyl (C=O) groups is 1. The summed E-state index contributed by atoms with van der Waals surface area (Å²) in [5.74, 6) is 2.25. The molecule has 180 valence electrons. The van der Waals surface area contributed by atoms with E-state index in [9.17, 15) is 9.59 Å². The van der Waals surface area contributed by atoms with E-state index in [2.05, 4.69) is 15.2 Å². The van der Waals surface area contributed by atoms with Gasteiger partial charge >= 0.3 is 0 Å². The van der Waals surface area contributed by atoms with Gasteiger partial charge in [-0.25, -0.2) is 4.98 Å². The molecule has 1 aliphatic heterocycles. The van der Waals surface area contributed by atoms with Gasteiger partial charge in [-0.2, -0.15) is 11.8 Å². The molecule has 3 aliphatic rings. The lowest BCUT2D eigenvalue weighted by molar-refractivity contribution is -0.121. The first-order chi connectivity index (χ1) is 16.1. The third-order valence-corrected chi connectivity index (χ3v) is 9.92. The molecule has 1 saturated carbocycles. The lowest BCUT2D eigenvalue weighted by atomic mass is 9.79. The maximum atomic E-state index is 12.6. The molecule has 2 aromatic rings. The maximum absolute atomic E-state index is 12.6. The fourth-order valence-electron chi connectivity index (χ4n) is 5.98. The predicted molar refractivity (Wildman–Crippen MR) is 137 cm³/mol. The Morgan fingerprint density at radius 1 is 1.09 bits per heavy atom. The number of nitrogens with zero attached hydrogens (tertiary/aromatic N) is 2. The minimum Gasteiger partial charge on any atom is -0.354 e. The van der Waals surface area contributed by atoms with E-state index in [4.69, 9.17) is 4.98 Å². The molecule has 2 N–H and O–H groups in total. The van der Waals surface area contributed by atoms with Crippen LogP contribution in [0.3, 0.4) is 0 Å². The van der Waals surface area contributed by atoms with Crippen LogP contribution in [0.1, 0.15) is 80.5 Å². The van der Waals surface area contributed by atoms with Crippen molar-refractivity contribution in [2.24, 2.45) is 0 Å². The minimum atomic E-state index is 0.00300. The summed E-state index contributed by atoms with van der Waals surface area (Å²) >= 11 is 3.35. The van der Waals surface area contributed by atoms with Gasteiger partial charge in [0.15, 0.2) is 0 Å². The summed E-state index contributed by atoms with van der Waals surface area (Å²) in [6.07, 6.45) is 14.0. The molecule has 0 atom stereocenters. The number of amides is 1. The molecule has 0 aromatic carbocycles. The van der Waals surface area contributed by atoms with Crippen LogP contribution in [0.4, 0.5) is 0 Å². The number of nitrogens with one attached hydrogen (secondary N) is 2. The summed E-state index contributed by atoms with van der Waals surface area (Å²) in [4.78, 5) is 37.8. The average Bonchev–Trinajstić information content (AvgIpc) is 3.43. The molecule has 0 unspecified atom stereocenters. The van der Waals surface area contributed by atoms with E-state index in [0.717, 1.165) is 47.6 Å². The summed E-state index contributed by atoms with van der Waals surface area (Å²) in [6.45, 7) is 3.17. The molecule has 6 nitrogen and oxygen atoms in total. The van der Waals surface area contributed by atoms with Gasteiger partial charge in [-0.15, -0.1) is 11.3 Å². The second kappa shape index (κ2) is 10.5. The zero-order valence-electron chi connectivity index (χ0n) is 19.5. The van der Waals surface area contributed by atoms with Gasteiger partial charge in [0, 0.05) is 29.1 Å². The number of fused-ring (bicyclic) bond motifs is 3. The molecule has 8 heteroatoms. The van der Waals surface area contributed by atoms with E-state index in [0.29, 0.717) is 12.2 Å². The highest BCUT2D eigenvalue weighted by molar-refractivity contribution is 7.98. The van der Waals surface area contributed by atoms with E-state index < -0.39 is 0 Å². The van der Waals surface area contributed by atoms with Crippen LogP contribution in [0.2, 0.25) is 0 Å². The van der Waals surface area contributed by atoms with Gasteiger partial charge in [0.25, 0.3) is 5.56 Å². The lowest BCUT2D eigenvalue weighted by Crippen LogP contribution is -2.58. The standard InChI is InChI=1S/C25H36N4O2S2/c30-21(26-17-25(11-3-1-4-12-25)29-13-5-2-6-14-29)10-15-32-16-20-27-23(31)22-18-8-7-9-19(18)33-24(22)28-20/h1-17H2,(H,26,30)(H,27,28,31). The van der Waals surface area contributed by atoms with Crippen LogP contribution >= 0.6 is 23.1 Å². The maximum Gasteiger partial charge on any atom is 0.259 e. The van der Waals surface area contributed by atoms with Crippen LogP contribution in [0.15, 0.2) is 4.79 Å². The number of aromatic amines is 1. The molecule has 1 amide bonds. The topological polar surface area (TPSA) is 78.1 Å². The van der Waals surface area contributed by atoms with E-state index >= 15 is 0 Å². The van der Waals surface area contributed by atoms with Crippen molar-refractivity contribution in [2.75, 3.05) is 25.4 Å². The summed E-state index contributed by atoms with van der Waals surface area (Å²) in [7, 11) is 0. The molecule has 2 aromatic heterocycles. The highest BCUT2D eigenvalue weighted by atomic mass is 32.2. The molecule has 33 heavy (non-hydrogen) atoms. The van der Waals surface area contributed by atoms with Crippen LogP contribution in [0.5, 0.6) is 0 Å². The third-order valence-electron chi connectivity index (χ3n) is 7.76. The molecule has 0 bridgehead atoms. The third kappa shape index (κ3) is 5.17. The molecule has 2 aliphatic carbocycles. The van der Waals surface area contributed by atoms with Crippen molar-refractivity contribution in [1.82, 2.24) is 20.2 Å². The monoisotopic (exact) mass is 488 g/mol. The quantitative estimate of drug-likeness (QED) is 0.539. The zero-order valence-corrected chi connectivity index (χ0v) is 21.2. The van der Waals surface area contributed by atoms with Gasteiger partial charge in [0.05, 0.1) is 11.1 Å². The second-order valence-electron chi connectivity index (χ2n) is 9.96. The van der Waals surface area contributed by atoms with E-state index in [1.807, 2.05) is 0 Å². The number of H-pyrrole nitrogens is 1. The number of likely N-dealkylation sites (tertiary alicyclic amines) is 1. The molecule has 0 spiro atoms. The Kier molecular flexibility index (Phi) is 7.42. The normalized spacial score (nSPS) is 20.7. The number of rotatable bonds is 8. The fraction of sp³-hybridized carbons (Fsp3) is 0.720. The molecule has 1 saturated heterocycles. The van der Waals surface area contributed by atoms with Crippen molar-refractivity contribution in [3.63, 3.8) is 0 Å². The van der Waals surface area contributed by atoms with Crippen LogP contribution in [0, 0.1) is 0 Å². The SMILES string of the molecule is O=C(CCSCc1nc2sc3c(c2c(=O)[nH]1)CCC3)NCC1(N2CCCCC2)CCCCC1.